The summed E-state index contributed by atoms with van der Waals surface area (Å²) in [7, 11) is 0. The Morgan fingerprint density at radius 3 is 3.25 bits per heavy atom. The van der Waals surface area contributed by atoms with Crippen LogP contribution in [0.15, 0.2) is 6.20 Å². The monoisotopic (exact) mass is 291 g/mol. The molecule has 2 aromatic rings. The largest absolute Gasteiger partial charge is 0.344 e. The zero-order chi connectivity index (χ0) is 13.9. The second kappa shape index (κ2) is 5.72. The fourth-order valence-corrected chi connectivity index (χ4v) is 3.05. The van der Waals surface area contributed by atoms with Gasteiger partial charge in [-0.25, -0.2) is 4.98 Å². The van der Waals surface area contributed by atoms with Crippen LogP contribution in [0.4, 0.5) is 0 Å². The van der Waals surface area contributed by atoms with Crippen LogP contribution in [0, 0.1) is 0 Å². The van der Waals surface area contributed by atoms with Crippen molar-refractivity contribution in [3.8, 4) is 0 Å². The number of amides is 1. The van der Waals surface area contributed by atoms with Gasteiger partial charge >= 0.3 is 0 Å². The number of hydrogen-bond acceptors (Lipinski definition) is 5. The third-order valence-electron chi connectivity index (χ3n) is 3.37. The van der Waals surface area contributed by atoms with Crippen LogP contribution in [0.1, 0.15) is 38.6 Å². The van der Waals surface area contributed by atoms with Gasteiger partial charge in [-0.15, -0.1) is 11.3 Å². The van der Waals surface area contributed by atoms with Crippen LogP contribution < -0.4 is 10.6 Å². The first-order valence-electron chi connectivity index (χ1n) is 6.76. The van der Waals surface area contributed by atoms with Crippen LogP contribution in [-0.2, 0) is 25.9 Å². The van der Waals surface area contributed by atoms with Crippen LogP contribution in [-0.4, -0.2) is 27.6 Å². The Morgan fingerprint density at radius 2 is 2.45 bits per heavy atom. The molecule has 7 heteroatoms. The average molecular weight is 291 g/mol. The van der Waals surface area contributed by atoms with E-state index in [1.165, 1.54) is 4.88 Å². The second-order valence-electron chi connectivity index (χ2n) is 4.71. The standard InChI is InChI=1S/C13H17N5OS/c1-2-8-5-15-11(20-8)7-16-13(19)12-9-6-14-4-3-10(9)17-18-12/h5,14H,2-4,6-7H2,1H3,(H,16,19)(H,17,18). The van der Waals surface area contributed by atoms with Crippen molar-refractivity contribution in [1.29, 1.82) is 0 Å². The molecule has 0 bridgehead atoms. The van der Waals surface area contributed by atoms with Gasteiger partial charge in [0, 0.05) is 41.8 Å². The Bertz CT molecular complexity index is 618. The van der Waals surface area contributed by atoms with E-state index in [1.54, 1.807) is 11.3 Å². The molecule has 1 aliphatic rings. The van der Waals surface area contributed by atoms with E-state index in [1.807, 2.05) is 6.20 Å². The summed E-state index contributed by atoms with van der Waals surface area (Å²) in [5, 5.41) is 14.2. The van der Waals surface area contributed by atoms with Crippen molar-refractivity contribution in [3.05, 3.63) is 33.0 Å². The first kappa shape index (κ1) is 13.3. The normalized spacial score (nSPS) is 14.1. The SMILES string of the molecule is CCc1cnc(CNC(=O)c2n[nH]c3c2CNCC3)s1. The molecule has 1 aliphatic heterocycles. The zero-order valence-corrected chi connectivity index (χ0v) is 12.1. The van der Waals surface area contributed by atoms with Gasteiger partial charge in [-0.05, 0) is 6.42 Å². The van der Waals surface area contributed by atoms with E-state index < -0.39 is 0 Å². The molecule has 3 rings (SSSR count). The molecule has 2 aromatic heterocycles. The van der Waals surface area contributed by atoms with E-state index in [0.29, 0.717) is 18.8 Å². The van der Waals surface area contributed by atoms with Gasteiger partial charge in [0.2, 0.25) is 0 Å². The minimum Gasteiger partial charge on any atom is -0.344 e. The highest BCUT2D eigenvalue weighted by Crippen LogP contribution is 2.16. The first-order chi connectivity index (χ1) is 9.78. The summed E-state index contributed by atoms with van der Waals surface area (Å²) >= 11 is 1.63. The first-order valence-corrected chi connectivity index (χ1v) is 7.58. The number of nitrogens with zero attached hydrogens (tertiary/aromatic N) is 2. The molecule has 0 aliphatic carbocycles. The van der Waals surface area contributed by atoms with Crippen molar-refractivity contribution in [2.75, 3.05) is 6.54 Å². The summed E-state index contributed by atoms with van der Waals surface area (Å²) < 4.78 is 0. The minimum atomic E-state index is -0.139. The highest BCUT2D eigenvalue weighted by Gasteiger charge is 2.21. The Balaban J connectivity index is 1.66. The molecule has 0 saturated carbocycles. The van der Waals surface area contributed by atoms with Crippen molar-refractivity contribution >= 4 is 17.2 Å². The molecular formula is C13H17N5OS. The molecule has 0 saturated heterocycles. The molecule has 20 heavy (non-hydrogen) atoms. The fourth-order valence-electron chi connectivity index (χ4n) is 2.25. The number of carbonyl (C=O) groups is 1. The number of nitrogens with one attached hydrogen (secondary N) is 3. The zero-order valence-electron chi connectivity index (χ0n) is 11.3. The Hall–Kier alpha value is -1.73. The molecule has 6 nitrogen and oxygen atoms in total. The predicted octanol–water partition coefficient (Wildman–Crippen LogP) is 1.00. The lowest BCUT2D eigenvalue weighted by molar-refractivity contribution is 0.0944. The number of aromatic nitrogens is 3. The van der Waals surface area contributed by atoms with Gasteiger partial charge in [0.15, 0.2) is 5.69 Å². The Labute approximate surface area is 121 Å². The van der Waals surface area contributed by atoms with Gasteiger partial charge in [-0.1, -0.05) is 6.92 Å². The van der Waals surface area contributed by atoms with Crippen molar-refractivity contribution in [1.82, 2.24) is 25.8 Å². The topological polar surface area (TPSA) is 82.7 Å². The average Bonchev–Trinajstić information content (AvgIpc) is 3.11. The van der Waals surface area contributed by atoms with E-state index in [0.717, 1.165) is 35.7 Å². The molecule has 0 unspecified atom stereocenters. The maximum absolute atomic E-state index is 12.2. The van der Waals surface area contributed by atoms with Crippen LogP contribution in [0.25, 0.3) is 0 Å². The Morgan fingerprint density at radius 1 is 1.55 bits per heavy atom. The highest BCUT2D eigenvalue weighted by molar-refractivity contribution is 7.11. The molecule has 0 radical (unpaired) electrons. The summed E-state index contributed by atoms with van der Waals surface area (Å²) in [6, 6.07) is 0. The van der Waals surface area contributed by atoms with Crippen LogP contribution in [0.3, 0.4) is 0 Å². The van der Waals surface area contributed by atoms with Crippen molar-refractivity contribution in [2.45, 2.75) is 32.9 Å². The van der Waals surface area contributed by atoms with Gasteiger partial charge in [-0.2, -0.15) is 5.10 Å². The molecular weight excluding hydrogens is 274 g/mol. The lowest BCUT2D eigenvalue weighted by Crippen LogP contribution is -2.28. The molecule has 0 atom stereocenters. The van der Waals surface area contributed by atoms with Crippen LogP contribution in [0.5, 0.6) is 0 Å². The molecule has 1 amide bonds. The summed E-state index contributed by atoms with van der Waals surface area (Å²) in [5.74, 6) is -0.139. The number of aromatic amines is 1. The van der Waals surface area contributed by atoms with Gasteiger partial charge in [0.25, 0.3) is 5.91 Å². The quantitative estimate of drug-likeness (QED) is 0.785. The second-order valence-corrected chi connectivity index (χ2v) is 5.91. The molecule has 0 fully saturated rings. The molecule has 106 valence electrons. The number of aryl methyl sites for hydroxylation is 1. The predicted molar refractivity (Wildman–Crippen MR) is 76.7 cm³/mol. The van der Waals surface area contributed by atoms with Crippen LogP contribution in [0.2, 0.25) is 0 Å². The third-order valence-corrected chi connectivity index (χ3v) is 4.51. The number of fused-ring (bicyclic) bond motifs is 1. The molecule has 3 heterocycles. The molecule has 0 aromatic carbocycles. The molecule has 0 spiro atoms. The van der Waals surface area contributed by atoms with Crippen LogP contribution >= 0.6 is 11.3 Å². The van der Waals surface area contributed by atoms with Crippen molar-refractivity contribution in [2.24, 2.45) is 0 Å². The fraction of sp³-hybridized carbons (Fsp3) is 0.462. The van der Waals surface area contributed by atoms with Gasteiger partial charge in [-0.3, -0.25) is 9.89 Å². The highest BCUT2D eigenvalue weighted by atomic mass is 32.1. The third kappa shape index (κ3) is 2.59. The summed E-state index contributed by atoms with van der Waals surface area (Å²) in [6.45, 7) is 4.18. The maximum atomic E-state index is 12.2. The van der Waals surface area contributed by atoms with E-state index in [2.05, 4.69) is 32.7 Å². The Kier molecular flexibility index (Phi) is 3.79. The van der Waals surface area contributed by atoms with Crippen molar-refractivity contribution < 1.29 is 4.79 Å². The molecule has 3 N–H and O–H groups in total. The van der Waals surface area contributed by atoms with Gasteiger partial charge < -0.3 is 10.6 Å². The number of carbonyl (C=O) groups excluding carboxylic acids is 1. The lowest BCUT2D eigenvalue weighted by atomic mass is 10.1. The number of H-pyrrole nitrogens is 1. The summed E-state index contributed by atoms with van der Waals surface area (Å²) in [6.07, 6.45) is 3.73. The number of thiazole rings is 1. The maximum Gasteiger partial charge on any atom is 0.272 e. The van der Waals surface area contributed by atoms with Crippen molar-refractivity contribution in [3.63, 3.8) is 0 Å². The summed E-state index contributed by atoms with van der Waals surface area (Å²) in [5.41, 5.74) is 2.55. The van der Waals surface area contributed by atoms with Gasteiger partial charge in [0.05, 0.1) is 6.54 Å². The smallest absolute Gasteiger partial charge is 0.272 e. The number of rotatable bonds is 4. The van der Waals surface area contributed by atoms with E-state index in [-0.39, 0.29) is 5.91 Å². The minimum absolute atomic E-state index is 0.139. The van der Waals surface area contributed by atoms with E-state index >= 15 is 0 Å². The van der Waals surface area contributed by atoms with Gasteiger partial charge in [0.1, 0.15) is 5.01 Å². The summed E-state index contributed by atoms with van der Waals surface area (Å²) in [4.78, 5) is 17.7. The lowest BCUT2D eigenvalue weighted by Gasteiger charge is -2.12. The van der Waals surface area contributed by atoms with E-state index in [9.17, 15) is 4.79 Å². The van der Waals surface area contributed by atoms with E-state index in [4.69, 9.17) is 0 Å². The number of hydrogen-bond donors (Lipinski definition) is 3.